The van der Waals surface area contributed by atoms with Gasteiger partial charge < -0.3 is 0 Å². The summed E-state index contributed by atoms with van der Waals surface area (Å²) in [4.78, 5) is 9.71. The van der Waals surface area contributed by atoms with E-state index in [0.717, 1.165) is 11.4 Å². The van der Waals surface area contributed by atoms with Crippen LogP contribution in [0.5, 0.6) is 0 Å². The molecule has 1 aliphatic rings. The monoisotopic (exact) mass is 414 g/mol. The van der Waals surface area contributed by atoms with E-state index in [-0.39, 0.29) is 5.41 Å². The summed E-state index contributed by atoms with van der Waals surface area (Å²) in [5, 5.41) is 5.14. The lowest BCUT2D eigenvalue weighted by Crippen LogP contribution is -2.17. The standard InChI is InChI=1S/C30H26N2/c1-18(2)20-15-16-24(23-12-8-7-11-22(20)23)28-26-25-14-13-19-9-5-6-10-21(19)27(25)30(3,4)29(26)32-17-31-28/h5-18H,1-4H3. The molecule has 0 atom stereocenters. The highest BCUT2D eigenvalue weighted by Gasteiger charge is 2.40. The van der Waals surface area contributed by atoms with Gasteiger partial charge in [-0.05, 0) is 44.2 Å². The molecule has 2 heteroatoms. The van der Waals surface area contributed by atoms with Gasteiger partial charge in [0.1, 0.15) is 6.33 Å². The van der Waals surface area contributed by atoms with Crippen molar-refractivity contribution in [3.63, 3.8) is 0 Å². The number of rotatable bonds is 2. The first-order chi connectivity index (χ1) is 15.5. The van der Waals surface area contributed by atoms with Crippen LogP contribution < -0.4 is 0 Å². The van der Waals surface area contributed by atoms with Crippen molar-refractivity contribution in [3.8, 4) is 22.4 Å². The van der Waals surface area contributed by atoms with E-state index in [0.29, 0.717) is 5.92 Å². The van der Waals surface area contributed by atoms with Crippen LogP contribution in [0.4, 0.5) is 0 Å². The molecule has 0 radical (unpaired) electrons. The summed E-state index contributed by atoms with van der Waals surface area (Å²) in [5.74, 6) is 0.469. The van der Waals surface area contributed by atoms with Crippen molar-refractivity contribution in [2.75, 3.05) is 0 Å². The quantitative estimate of drug-likeness (QED) is 0.293. The second-order valence-corrected chi connectivity index (χ2v) is 9.68. The number of hydrogen-bond donors (Lipinski definition) is 0. The molecule has 1 aliphatic carbocycles. The Bertz CT molecular complexity index is 1530. The summed E-state index contributed by atoms with van der Waals surface area (Å²) in [6.45, 7) is 9.10. The summed E-state index contributed by atoms with van der Waals surface area (Å²) >= 11 is 0. The molecule has 0 amide bonds. The van der Waals surface area contributed by atoms with Crippen LogP contribution in [0.3, 0.4) is 0 Å². The van der Waals surface area contributed by atoms with E-state index < -0.39 is 0 Å². The van der Waals surface area contributed by atoms with Crippen LogP contribution >= 0.6 is 0 Å². The zero-order valence-electron chi connectivity index (χ0n) is 19.0. The molecule has 32 heavy (non-hydrogen) atoms. The maximum atomic E-state index is 4.88. The molecule has 156 valence electrons. The molecular formula is C30H26N2. The first-order valence-electron chi connectivity index (χ1n) is 11.4. The molecule has 0 aliphatic heterocycles. The Morgan fingerprint density at radius 3 is 2.16 bits per heavy atom. The molecule has 0 N–H and O–H groups in total. The first kappa shape index (κ1) is 19.2. The number of hydrogen-bond acceptors (Lipinski definition) is 2. The minimum absolute atomic E-state index is 0.184. The molecule has 6 rings (SSSR count). The van der Waals surface area contributed by atoms with Gasteiger partial charge >= 0.3 is 0 Å². The highest BCUT2D eigenvalue weighted by Crippen LogP contribution is 2.53. The Morgan fingerprint density at radius 1 is 0.688 bits per heavy atom. The van der Waals surface area contributed by atoms with E-state index in [1.54, 1.807) is 6.33 Å². The smallest absolute Gasteiger partial charge is 0.116 e. The summed E-state index contributed by atoms with van der Waals surface area (Å²) in [7, 11) is 0. The molecule has 5 aromatic rings. The van der Waals surface area contributed by atoms with Gasteiger partial charge in [0.25, 0.3) is 0 Å². The summed E-state index contributed by atoms with van der Waals surface area (Å²) in [6.07, 6.45) is 1.75. The SMILES string of the molecule is CC(C)c1ccc(-c2ncnc3c2-c2ccc4ccccc4c2C3(C)C)c2ccccc12. The molecule has 0 saturated heterocycles. The van der Waals surface area contributed by atoms with Crippen molar-refractivity contribution >= 4 is 21.5 Å². The third-order valence-corrected chi connectivity index (χ3v) is 7.10. The fourth-order valence-corrected chi connectivity index (χ4v) is 5.62. The van der Waals surface area contributed by atoms with Gasteiger partial charge in [0.15, 0.2) is 0 Å². The van der Waals surface area contributed by atoms with Gasteiger partial charge in [0.05, 0.1) is 11.4 Å². The Balaban J connectivity index is 1.71. The van der Waals surface area contributed by atoms with E-state index in [2.05, 4.69) is 100 Å². The molecule has 1 aromatic heterocycles. The molecule has 0 bridgehead atoms. The number of benzene rings is 4. The maximum Gasteiger partial charge on any atom is 0.116 e. The van der Waals surface area contributed by atoms with Crippen molar-refractivity contribution in [2.24, 2.45) is 0 Å². The summed E-state index contributed by atoms with van der Waals surface area (Å²) < 4.78 is 0. The highest BCUT2D eigenvalue weighted by atomic mass is 14.9. The average molecular weight is 415 g/mol. The van der Waals surface area contributed by atoms with Gasteiger partial charge in [-0.2, -0.15) is 0 Å². The van der Waals surface area contributed by atoms with E-state index in [1.807, 2.05) is 0 Å². The Hall–Kier alpha value is -3.52. The Kier molecular flexibility index (Phi) is 4.04. The van der Waals surface area contributed by atoms with E-state index in [4.69, 9.17) is 9.97 Å². The normalized spacial score (nSPS) is 14.2. The van der Waals surface area contributed by atoms with Gasteiger partial charge in [-0.15, -0.1) is 0 Å². The Labute approximate surface area is 189 Å². The lowest BCUT2D eigenvalue weighted by molar-refractivity contribution is 0.640. The van der Waals surface area contributed by atoms with E-state index >= 15 is 0 Å². The van der Waals surface area contributed by atoms with Crippen LogP contribution in [0.15, 0.2) is 79.1 Å². The lowest BCUT2D eigenvalue weighted by atomic mass is 9.82. The molecule has 0 saturated carbocycles. The number of nitrogens with zero attached hydrogens (tertiary/aromatic N) is 2. The van der Waals surface area contributed by atoms with Gasteiger partial charge in [-0.3, -0.25) is 0 Å². The maximum absolute atomic E-state index is 4.88. The van der Waals surface area contributed by atoms with Gasteiger partial charge in [-0.25, -0.2) is 9.97 Å². The van der Waals surface area contributed by atoms with E-state index in [9.17, 15) is 0 Å². The molecule has 0 unspecified atom stereocenters. The predicted octanol–water partition coefficient (Wildman–Crippen LogP) is 7.88. The molecule has 1 heterocycles. The third-order valence-electron chi connectivity index (χ3n) is 7.10. The average Bonchev–Trinajstić information content (AvgIpc) is 3.05. The molecular weight excluding hydrogens is 388 g/mol. The fourth-order valence-electron chi connectivity index (χ4n) is 5.62. The third kappa shape index (κ3) is 2.53. The minimum atomic E-state index is -0.184. The molecule has 4 aromatic carbocycles. The van der Waals surface area contributed by atoms with Crippen LogP contribution in [0.2, 0.25) is 0 Å². The van der Waals surface area contributed by atoms with E-state index in [1.165, 1.54) is 49.4 Å². The van der Waals surface area contributed by atoms with Gasteiger partial charge in [-0.1, -0.05) is 100 Å². The summed E-state index contributed by atoms with van der Waals surface area (Å²) in [5.41, 5.74) is 8.32. The van der Waals surface area contributed by atoms with Crippen molar-refractivity contribution in [1.82, 2.24) is 9.97 Å². The second-order valence-electron chi connectivity index (χ2n) is 9.68. The van der Waals surface area contributed by atoms with Crippen molar-refractivity contribution < 1.29 is 0 Å². The van der Waals surface area contributed by atoms with Crippen LogP contribution in [-0.4, -0.2) is 9.97 Å². The molecule has 2 nitrogen and oxygen atoms in total. The van der Waals surface area contributed by atoms with Crippen LogP contribution in [0.25, 0.3) is 43.9 Å². The van der Waals surface area contributed by atoms with Gasteiger partial charge in [0.2, 0.25) is 0 Å². The Morgan fingerprint density at radius 2 is 1.38 bits per heavy atom. The largest absolute Gasteiger partial charge is 0.240 e. The topological polar surface area (TPSA) is 25.8 Å². The molecule has 0 spiro atoms. The second kappa shape index (κ2) is 6.74. The highest BCUT2D eigenvalue weighted by molar-refractivity contribution is 6.05. The van der Waals surface area contributed by atoms with Crippen LogP contribution in [-0.2, 0) is 5.41 Å². The number of fused-ring (bicyclic) bond motifs is 6. The summed E-state index contributed by atoms with van der Waals surface area (Å²) in [6, 6.07) is 26.4. The fraction of sp³-hybridized carbons (Fsp3) is 0.200. The molecule has 0 fully saturated rings. The lowest BCUT2D eigenvalue weighted by Gasteiger charge is -2.22. The van der Waals surface area contributed by atoms with Gasteiger partial charge in [0, 0.05) is 16.5 Å². The zero-order valence-corrected chi connectivity index (χ0v) is 19.0. The first-order valence-corrected chi connectivity index (χ1v) is 11.4. The van der Waals surface area contributed by atoms with Crippen LogP contribution in [0, 0.1) is 0 Å². The number of aromatic nitrogens is 2. The van der Waals surface area contributed by atoms with Crippen molar-refractivity contribution in [3.05, 3.63) is 95.9 Å². The predicted molar refractivity (Wildman–Crippen MR) is 134 cm³/mol. The van der Waals surface area contributed by atoms with Crippen molar-refractivity contribution in [2.45, 2.75) is 39.0 Å². The van der Waals surface area contributed by atoms with Crippen LogP contribution in [0.1, 0.15) is 50.4 Å². The minimum Gasteiger partial charge on any atom is -0.240 e. The van der Waals surface area contributed by atoms with Crippen molar-refractivity contribution in [1.29, 1.82) is 0 Å². The zero-order chi connectivity index (χ0) is 22.0.